The molecule has 3 rings (SSSR count). The minimum atomic E-state index is -0.712. The highest BCUT2D eigenvalue weighted by molar-refractivity contribution is 5.75. The lowest BCUT2D eigenvalue weighted by molar-refractivity contribution is -0.384. The Bertz CT molecular complexity index is 781. The van der Waals surface area contributed by atoms with Crippen LogP contribution in [0.25, 0.3) is 0 Å². The van der Waals surface area contributed by atoms with Crippen LogP contribution < -0.4 is 10.6 Å². The smallest absolute Gasteiger partial charge is 0.315 e. The number of amides is 2. The minimum absolute atomic E-state index is 0.0159. The first kappa shape index (κ1) is 16.9. The molecule has 0 heterocycles. The lowest BCUT2D eigenvalue weighted by Crippen LogP contribution is -2.55. The highest BCUT2D eigenvalue weighted by Crippen LogP contribution is 2.29. The van der Waals surface area contributed by atoms with E-state index in [0.717, 1.165) is 11.1 Å². The summed E-state index contributed by atoms with van der Waals surface area (Å²) < 4.78 is 0. The van der Waals surface area contributed by atoms with Crippen molar-refractivity contribution in [3.8, 4) is 0 Å². The van der Waals surface area contributed by atoms with Gasteiger partial charge in [-0.25, -0.2) is 4.79 Å². The number of nitrogens with one attached hydrogen (secondary N) is 2. The number of carbonyl (C=O) groups excluding carboxylic acids is 1. The van der Waals surface area contributed by atoms with Crippen LogP contribution in [0.4, 0.5) is 10.5 Å². The summed E-state index contributed by atoms with van der Waals surface area (Å²) in [6.07, 6.45) is 1.15. The van der Waals surface area contributed by atoms with Crippen molar-refractivity contribution in [1.29, 1.82) is 0 Å². The van der Waals surface area contributed by atoms with Gasteiger partial charge in [-0.15, -0.1) is 0 Å². The molecular formula is C18H19N3O4. The summed E-state index contributed by atoms with van der Waals surface area (Å²) in [7, 11) is 0. The van der Waals surface area contributed by atoms with Crippen LogP contribution in [0.5, 0.6) is 0 Å². The van der Waals surface area contributed by atoms with E-state index < -0.39 is 16.5 Å². The van der Waals surface area contributed by atoms with E-state index in [4.69, 9.17) is 0 Å². The van der Waals surface area contributed by atoms with E-state index in [1.165, 1.54) is 12.1 Å². The van der Waals surface area contributed by atoms with E-state index in [1.54, 1.807) is 12.1 Å². The largest absolute Gasteiger partial charge is 0.394 e. The van der Waals surface area contributed by atoms with Crippen molar-refractivity contribution in [3.05, 3.63) is 75.3 Å². The van der Waals surface area contributed by atoms with Crippen LogP contribution in [0.3, 0.4) is 0 Å². The monoisotopic (exact) mass is 341 g/mol. The average Bonchev–Trinajstić information content (AvgIpc) is 2.98. The van der Waals surface area contributed by atoms with Crippen molar-refractivity contribution in [3.63, 3.8) is 0 Å². The molecule has 3 N–H and O–H groups in total. The molecule has 0 saturated heterocycles. The van der Waals surface area contributed by atoms with Crippen LogP contribution in [0.2, 0.25) is 0 Å². The Hall–Kier alpha value is -2.93. The van der Waals surface area contributed by atoms with Crippen LogP contribution in [0, 0.1) is 10.1 Å². The molecule has 7 heteroatoms. The number of non-ortho nitro benzene ring substituents is 1. The van der Waals surface area contributed by atoms with Crippen LogP contribution in [-0.2, 0) is 19.4 Å². The third-order valence-corrected chi connectivity index (χ3v) is 4.43. The maximum absolute atomic E-state index is 12.2. The Morgan fingerprint density at radius 2 is 1.84 bits per heavy atom. The summed E-state index contributed by atoms with van der Waals surface area (Å²) in [5.41, 5.74) is 2.15. The van der Waals surface area contributed by atoms with Crippen molar-refractivity contribution in [2.45, 2.75) is 24.9 Å². The van der Waals surface area contributed by atoms with E-state index in [2.05, 4.69) is 10.6 Å². The van der Waals surface area contributed by atoms with Gasteiger partial charge in [-0.3, -0.25) is 10.1 Å². The highest BCUT2D eigenvalue weighted by atomic mass is 16.6. The number of benzene rings is 2. The standard InChI is InChI=1S/C18H19N3O4/c22-12-18(9-14-5-1-2-6-15(14)10-18)20-17(23)19-11-13-4-3-7-16(8-13)21(24)25/h1-8,22H,9-12H2,(H2,19,20,23). The fourth-order valence-electron chi connectivity index (χ4n) is 3.18. The number of nitro groups is 1. The zero-order valence-corrected chi connectivity index (χ0v) is 13.6. The Morgan fingerprint density at radius 3 is 2.44 bits per heavy atom. The predicted molar refractivity (Wildman–Crippen MR) is 92.1 cm³/mol. The first-order valence-electron chi connectivity index (χ1n) is 7.98. The summed E-state index contributed by atoms with van der Waals surface area (Å²) in [5.74, 6) is 0. The van der Waals surface area contributed by atoms with E-state index in [-0.39, 0.29) is 18.8 Å². The first-order chi connectivity index (χ1) is 12.0. The normalized spacial score (nSPS) is 14.6. The molecule has 1 aliphatic carbocycles. The van der Waals surface area contributed by atoms with Gasteiger partial charge in [0.25, 0.3) is 5.69 Å². The van der Waals surface area contributed by atoms with Gasteiger partial charge in [-0.1, -0.05) is 36.4 Å². The highest BCUT2D eigenvalue weighted by Gasteiger charge is 2.37. The predicted octanol–water partition coefficient (Wildman–Crippen LogP) is 1.92. The second kappa shape index (κ2) is 6.90. The number of hydrogen-bond donors (Lipinski definition) is 3. The number of carbonyl (C=O) groups is 1. The van der Waals surface area contributed by atoms with Crippen molar-refractivity contribution in [2.24, 2.45) is 0 Å². The van der Waals surface area contributed by atoms with E-state index in [0.29, 0.717) is 18.4 Å². The lowest BCUT2D eigenvalue weighted by atomic mass is 9.97. The van der Waals surface area contributed by atoms with Gasteiger partial charge < -0.3 is 15.7 Å². The van der Waals surface area contributed by atoms with Gasteiger partial charge in [-0.2, -0.15) is 0 Å². The molecule has 2 aromatic carbocycles. The molecule has 0 atom stereocenters. The molecule has 2 aromatic rings. The molecule has 0 radical (unpaired) electrons. The second-order valence-electron chi connectivity index (χ2n) is 6.30. The van der Waals surface area contributed by atoms with Crippen LogP contribution >= 0.6 is 0 Å². The quantitative estimate of drug-likeness (QED) is 0.571. The molecule has 0 saturated carbocycles. The summed E-state index contributed by atoms with van der Waals surface area (Å²) in [4.78, 5) is 22.6. The van der Waals surface area contributed by atoms with Crippen LogP contribution in [0.15, 0.2) is 48.5 Å². The van der Waals surface area contributed by atoms with Crippen molar-refractivity contribution in [1.82, 2.24) is 10.6 Å². The summed E-state index contributed by atoms with van der Waals surface area (Å²) >= 11 is 0. The number of fused-ring (bicyclic) bond motifs is 1. The van der Waals surface area contributed by atoms with E-state index in [1.807, 2.05) is 24.3 Å². The molecule has 7 nitrogen and oxygen atoms in total. The number of nitro benzene ring substituents is 1. The number of hydrogen-bond acceptors (Lipinski definition) is 4. The SMILES string of the molecule is O=C(NCc1cccc([N+](=O)[O-])c1)NC1(CO)Cc2ccccc2C1. The maximum atomic E-state index is 12.2. The van der Waals surface area contributed by atoms with Gasteiger partial charge in [0.1, 0.15) is 0 Å². The minimum Gasteiger partial charge on any atom is -0.394 e. The average molecular weight is 341 g/mol. The van der Waals surface area contributed by atoms with Gasteiger partial charge in [-0.05, 0) is 29.5 Å². The third-order valence-electron chi connectivity index (χ3n) is 4.43. The molecule has 1 aliphatic rings. The molecule has 0 bridgehead atoms. The zero-order valence-electron chi connectivity index (χ0n) is 13.6. The fourth-order valence-corrected chi connectivity index (χ4v) is 3.18. The Labute approximate surface area is 144 Å². The molecule has 2 amide bonds. The number of aliphatic hydroxyl groups is 1. The molecule has 0 unspecified atom stereocenters. The summed E-state index contributed by atoms with van der Waals surface area (Å²) in [6.45, 7) is 0.00782. The summed E-state index contributed by atoms with van der Waals surface area (Å²) in [6, 6.07) is 13.6. The van der Waals surface area contributed by atoms with E-state index in [9.17, 15) is 20.0 Å². The van der Waals surface area contributed by atoms with Crippen LogP contribution in [-0.4, -0.2) is 28.2 Å². The molecule has 0 aromatic heterocycles. The van der Waals surface area contributed by atoms with Gasteiger partial charge in [0.2, 0.25) is 0 Å². The Balaban J connectivity index is 1.61. The zero-order chi connectivity index (χ0) is 17.9. The fraction of sp³-hybridized carbons (Fsp3) is 0.278. The van der Waals surface area contributed by atoms with Gasteiger partial charge in [0, 0.05) is 18.7 Å². The second-order valence-corrected chi connectivity index (χ2v) is 6.30. The third kappa shape index (κ3) is 3.77. The Morgan fingerprint density at radius 1 is 1.16 bits per heavy atom. The van der Waals surface area contributed by atoms with Crippen molar-refractivity contribution in [2.75, 3.05) is 6.61 Å². The van der Waals surface area contributed by atoms with Crippen molar-refractivity contribution < 1.29 is 14.8 Å². The molecule has 0 spiro atoms. The molecule has 130 valence electrons. The maximum Gasteiger partial charge on any atom is 0.315 e. The molecular weight excluding hydrogens is 322 g/mol. The Kier molecular flexibility index (Phi) is 4.67. The molecule has 25 heavy (non-hydrogen) atoms. The lowest BCUT2D eigenvalue weighted by Gasteiger charge is -2.28. The first-order valence-corrected chi connectivity index (χ1v) is 7.98. The van der Waals surface area contributed by atoms with Gasteiger partial charge >= 0.3 is 6.03 Å². The number of urea groups is 1. The topological polar surface area (TPSA) is 104 Å². The number of nitrogens with zero attached hydrogens (tertiary/aromatic N) is 1. The summed E-state index contributed by atoms with van der Waals surface area (Å²) in [5, 5.41) is 26.1. The molecule has 0 fully saturated rings. The van der Waals surface area contributed by atoms with E-state index >= 15 is 0 Å². The molecule has 0 aliphatic heterocycles. The number of rotatable bonds is 5. The van der Waals surface area contributed by atoms with Gasteiger partial charge in [0.15, 0.2) is 0 Å². The van der Waals surface area contributed by atoms with Gasteiger partial charge in [0.05, 0.1) is 17.1 Å². The van der Waals surface area contributed by atoms with Crippen molar-refractivity contribution >= 4 is 11.7 Å². The van der Waals surface area contributed by atoms with Crippen LogP contribution in [0.1, 0.15) is 16.7 Å². The number of aliphatic hydroxyl groups excluding tert-OH is 1.